The summed E-state index contributed by atoms with van der Waals surface area (Å²) < 4.78 is 7.37. The zero-order valence-electron chi connectivity index (χ0n) is 13.9. The maximum atomic E-state index is 10.9. The molecule has 0 aliphatic rings. The van der Waals surface area contributed by atoms with Crippen LogP contribution in [-0.4, -0.2) is 38.8 Å². The first-order chi connectivity index (χ1) is 12.6. The predicted octanol–water partition coefficient (Wildman–Crippen LogP) is 3.59. The number of aromatic amines is 1. The molecule has 1 aromatic heterocycles. The van der Waals surface area contributed by atoms with E-state index in [1.807, 2.05) is 31.2 Å². The highest BCUT2D eigenvalue weighted by atomic mass is 32.1. The Morgan fingerprint density at radius 1 is 1.35 bits per heavy atom. The van der Waals surface area contributed by atoms with Gasteiger partial charge < -0.3 is 9.84 Å². The molecule has 0 spiro atoms. The van der Waals surface area contributed by atoms with Gasteiger partial charge in [0.05, 0.1) is 18.4 Å². The number of nitrogens with zero attached hydrogens (tertiary/aromatic N) is 3. The van der Waals surface area contributed by atoms with Crippen LogP contribution in [0.5, 0.6) is 5.75 Å². The van der Waals surface area contributed by atoms with Gasteiger partial charge in [0.15, 0.2) is 5.82 Å². The Morgan fingerprint density at radius 2 is 2.12 bits per heavy atom. The highest BCUT2D eigenvalue weighted by Gasteiger charge is 2.09. The van der Waals surface area contributed by atoms with Gasteiger partial charge in [0.2, 0.25) is 4.77 Å². The Labute approximate surface area is 154 Å². The second kappa shape index (κ2) is 7.75. The van der Waals surface area contributed by atoms with Crippen molar-refractivity contribution in [2.45, 2.75) is 6.92 Å². The van der Waals surface area contributed by atoms with Gasteiger partial charge in [0.25, 0.3) is 0 Å². The van der Waals surface area contributed by atoms with Gasteiger partial charge in [0, 0.05) is 5.56 Å². The first-order valence-corrected chi connectivity index (χ1v) is 8.27. The van der Waals surface area contributed by atoms with Crippen LogP contribution in [0.15, 0.2) is 53.6 Å². The molecule has 3 rings (SSSR count). The standard InChI is InChI=1S/C18H16N4O3S/c1-2-25-15-5-3-4-14(10-15)16-20-21-18(26)22(16)19-11-12-6-8-13(9-7-12)17(23)24/h3-11H,2H2,1H3,(H,21,26)(H,23,24). The predicted molar refractivity (Wildman–Crippen MR) is 100 cm³/mol. The summed E-state index contributed by atoms with van der Waals surface area (Å²) in [5.41, 5.74) is 1.77. The van der Waals surface area contributed by atoms with Crippen LogP contribution < -0.4 is 4.74 Å². The average molecular weight is 368 g/mol. The zero-order valence-corrected chi connectivity index (χ0v) is 14.7. The molecule has 0 saturated heterocycles. The molecule has 0 amide bonds. The Balaban J connectivity index is 1.92. The molecule has 0 unspecified atom stereocenters. The number of rotatable bonds is 6. The van der Waals surface area contributed by atoms with Gasteiger partial charge in [-0.25, -0.2) is 9.89 Å². The minimum atomic E-state index is -0.970. The number of hydrogen-bond acceptors (Lipinski definition) is 5. The SMILES string of the molecule is CCOc1cccc(-c2n[nH]c(=S)n2N=Cc2ccc(C(=O)O)cc2)c1. The quantitative estimate of drug-likeness (QED) is 0.512. The largest absolute Gasteiger partial charge is 0.494 e. The molecule has 8 heteroatoms. The molecule has 7 nitrogen and oxygen atoms in total. The number of aromatic nitrogens is 3. The lowest BCUT2D eigenvalue weighted by molar-refractivity contribution is 0.0697. The Kier molecular flexibility index (Phi) is 5.23. The summed E-state index contributed by atoms with van der Waals surface area (Å²) in [7, 11) is 0. The van der Waals surface area contributed by atoms with Crippen molar-refractivity contribution < 1.29 is 14.6 Å². The third-order valence-corrected chi connectivity index (χ3v) is 3.80. The van der Waals surface area contributed by atoms with Gasteiger partial charge in [0.1, 0.15) is 5.75 Å². The minimum absolute atomic E-state index is 0.218. The maximum Gasteiger partial charge on any atom is 0.335 e. The van der Waals surface area contributed by atoms with Crippen LogP contribution in [-0.2, 0) is 0 Å². The third-order valence-electron chi connectivity index (χ3n) is 3.53. The average Bonchev–Trinajstić information content (AvgIpc) is 3.01. The molecule has 0 fully saturated rings. The fourth-order valence-electron chi connectivity index (χ4n) is 2.31. The van der Waals surface area contributed by atoms with Crippen LogP contribution in [0.3, 0.4) is 0 Å². The number of carboxylic acid groups (broad SMARTS) is 1. The van der Waals surface area contributed by atoms with Gasteiger partial charge in [-0.3, -0.25) is 0 Å². The van der Waals surface area contributed by atoms with Crippen LogP contribution in [0, 0.1) is 4.77 Å². The number of nitrogens with one attached hydrogen (secondary N) is 1. The van der Waals surface area contributed by atoms with E-state index < -0.39 is 5.97 Å². The molecule has 0 atom stereocenters. The van der Waals surface area contributed by atoms with Crippen molar-refractivity contribution in [2.75, 3.05) is 6.61 Å². The number of carboxylic acids is 1. The third kappa shape index (κ3) is 3.86. The summed E-state index contributed by atoms with van der Waals surface area (Å²) in [6.45, 7) is 2.49. The van der Waals surface area contributed by atoms with Crippen LogP contribution >= 0.6 is 12.2 Å². The molecule has 132 valence electrons. The lowest BCUT2D eigenvalue weighted by atomic mass is 10.1. The van der Waals surface area contributed by atoms with E-state index in [9.17, 15) is 4.79 Å². The minimum Gasteiger partial charge on any atom is -0.494 e. The van der Waals surface area contributed by atoms with Crippen LogP contribution in [0.1, 0.15) is 22.8 Å². The Bertz CT molecular complexity index is 1010. The van der Waals surface area contributed by atoms with E-state index in [0.717, 1.165) is 16.9 Å². The molecule has 0 bridgehead atoms. The second-order valence-electron chi connectivity index (χ2n) is 5.30. The van der Waals surface area contributed by atoms with E-state index in [2.05, 4.69) is 15.3 Å². The van der Waals surface area contributed by atoms with E-state index in [1.54, 1.807) is 18.3 Å². The number of ether oxygens (including phenoxy) is 1. The number of benzene rings is 2. The molecular weight excluding hydrogens is 352 g/mol. The molecular formula is C18H16N4O3S. The van der Waals surface area contributed by atoms with Gasteiger partial charge in [-0.1, -0.05) is 24.3 Å². The maximum absolute atomic E-state index is 10.9. The molecule has 0 aliphatic heterocycles. The van der Waals surface area contributed by atoms with E-state index in [1.165, 1.54) is 16.8 Å². The van der Waals surface area contributed by atoms with E-state index in [4.69, 9.17) is 22.1 Å². The molecule has 2 N–H and O–H groups in total. The van der Waals surface area contributed by atoms with Crippen LogP contribution in [0.2, 0.25) is 0 Å². The fraction of sp³-hybridized carbons (Fsp3) is 0.111. The summed E-state index contributed by atoms with van der Waals surface area (Å²) in [6.07, 6.45) is 1.59. The summed E-state index contributed by atoms with van der Waals surface area (Å²) in [5, 5.41) is 20.3. The molecule has 0 saturated carbocycles. The Morgan fingerprint density at radius 3 is 2.81 bits per heavy atom. The molecule has 3 aromatic rings. The van der Waals surface area contributed by atoms with Crippen molar-refractivity contribution in [3.05, 3.63) is 64.4 Å². The molecule has 0 aliphatic carbocycles. The van der Waals surface area contributed by atoms with Crippen LogP contribution in [0.4, 0.5) is 0 Å². The number of carbonyl (C=O) groups is 1. The van der Waals surface area contributed by atoms with Gasteiger partial charge in [-0.05, 0) is 49.0 Å². The van der Waals surface area contributed by atoms with Crippen molar-refractivity contribution in [3.63, 3.8) is 0 Å². The second-order valence-corrected chi connectivity index (χ2v) is 5.68. The Hall–Kier alpha value is -3.26. The number of H-pyrrole nitrogens is 1. The summed E-state index contributed by atoms with van der Waals surface area (Å²) in [5.74, 6) is 0.315. The number of aromatic carboxylic acids is 1. The summed E-state index contributed by atoms with van der Waals surface area (Å²) >= 11 is 5.25. The lowest BCUT2D eigenvalue weighted by Gasteiger charge is -2.05. The summed E-state index contributed by atoms with van der Waals surface area (Å²) in [6, 6.07) is 13.9. The molecule has 26 heavy (non-hydrogen) atoms. The van der Waals surface area contributed by atoms with Crippen molar-refractivity contribution >= 4 is 24.4 Å². The zero-order chi connectivity index (χ0) is 18.5. The normalized spacial score (nSPS) is 11.0. The number of hydrogen-bond donors (Lipinski definition) is 2. The van der Waals surface area contributed by atoms with E-state index in [-0.39, 0.29) is 5.56 Å². The highest BCUT2D eigenvalue weighted by Crippen LogP contribution is 2.22. The van der Waals surface area contributed by atoms with Crippen molar-refractivity contribution in [3.8, 4) is 17.1 Å². The molecule has 0 radical (unpaired) electrons. The van der Waals surface area contributed by atoms with Crippen LogP contribution in [0.25, 0.3) is 11.4 Å². The van der Waals surface area contributed by atoms with Gasteiger partial charge in [-0.15, -0.1) is 0 Å². The highest BCUT2D eigenvalue weighted by molar-refractivity contribution is 7.71. The van der Waals surface area contributed by atoms with E-state index >= 15 is 0 Å². The smallest absolute Gasteiger partial charge is 0.335 e. The molecule has 1 heterocycles. The van der Waals surface area contributed by atoms with Gasteiger partial charge >= 0.3 is 5.97 Å². The first kappa shape index (κ1) is 17.6. The monoisotopic (exact) mass is 368 g/mol. The topological polar surface area (TPSA) is 92.5 Å². The van der Waals surface area contributed by atoms with Crippen molar-refractivity contribution in [2.24, 2.45) is 5.10 Å². The van der Waals surface area contributed by atoms with E-state index in [0.29, 0.717) is 17.2 Å². The van der Waals surface area contributed by atoms with Crippen molar-refractivity contribution in [1.82, 2.24) is 14.9 Å². The fourth-order valence-corrected chi connectivity index (χ4v) is 2.49. The summed E-state index contributed by atoms with van der Waals surface area (Å²) in [4.78, 5) is 10.9. The van der Waals surface area contributed by atoms with Crippen molar-refractivity contribution in [1.29, 1.82) is 0 Å². The van der Waals surface area contributed by atoms with Gasteiger partial charge in [-0.2, -0.15) is 14.9 Å². The lowest BCUT2D eigenvalue weighted by Crippen LogP contribution is -1.98. The molecule has 2 aromatic carbocycles. The first-order valence-electron chi connectivity index (χ1n) is 7.87.